The lowest BCUT2D eigenvalue weighted by atomic mass is 10.1. The normalized spacial score (nSPS) is 15.4. The maximum atomic E-state index is 13.5. The third kappa shape index (κ3) is 7.92. The molecule has 0 radical (unpaired) electrons. The molecule has 1 heterocycles. The SMILES string of the molecule is C=C(NC/C(=N/CC(C)C)c1ncc(C#CC2CC2)cc1Cl)/C(=C/NC)C(NC)C(F)F. The smallest absolute Gasteiger partial charge is 0.257 e. The summed E-state index contributed by atoms with van der Waals surface area (Å²) in [6, 6.07) is 0.628. The van der Waals surface area contributed by atoms with E-state index in [4.69, 9.17) is 11.6 Å². The Hall–Kier alpha value is -2.43. The van der Waals surface area contributed by atoms with Gasteiger partial charge in [-0.15, -0.1) is 0 Å². The zero-order valence-electron chi connectivity index (χ0n) is 19.1. The maximum absolute atomic E-state index is 13.5. The van der Waals surface area contributed by atoms with Gasteiger partial charge in [0.2, 0.25) is 0 Å². The summed E-state index contributed by atoms with van der Waals surface area (Å²) in [7, 11) is 3.14. The van der Waals surface area contributed by atoms with Crippen LogP contribution in [0.15, 0.2) is 41.3 Å². The van der Waals surface area contributed by atoms with Gasteiger partial charge in [-0.2, -0.15) is 0 Å². The Morgan fingerprint density at radius 3 is 2.62 bits per heavy atom. The monoisotopic (exact) mass is 463 g/mol. The fraction of sp³-hybridized carbons (Fsp3) is 0.500. The van der Waals surface area contributed by atoms with E-state index >= 15 is 0 Å². The fourth-order valence-electron chi connectivity index (χ4n) is 2.87. The minimum absolute atomic E-state index is 0.242. The molecule has 174 valence electrons. The number of hydrogen-bond acceptors (Lipinski definition) is 5. The average Bonchev–Trinajstić information content (AvgIpc) is 3.57. The molecule has 5 nitrogen and oxygen atoms in total. The van der Waals surface area contributed by atoms with E-state index < -0.39 is 12.5 Å². The van der Waals surface area contributed by atoms with Crippen LogP contribution in [-0.4, -0.2) is 50.3 Å². The van der Waals surface area contributed by atoms with Gasteiger partial charge in [0, 0.05) is 48.7 Å². The van der Waals surface area contributed by atoms with Crippen molar-refractivity contribution in [2.24, 2.45) is 16.8 Å². The van der Waals surface area contributed by atoms with Gasteiger partial charge in [-0.1, -0.05) is 43.9 Å². The molecule has 0 bridgehead atoms. The van der Waals surface area contributed by atoms with Crippen molar-refractivity contribution < 1.29 is 8.78 Å². The number of nitrogens with one attached hydrogen (secondary N) is 3. The van der Waals surface area contributed by atoms with Crippen molar-refractivity contribution in [2.75, 3.05) is 27.2 Å². The lowest BCUT2D eigenvalue weighted by Gasteiger charge is -2.22. The summed E-state index contributed by atoms with van der Waals surface area (Å²) in [5, 5.41) is 9.00. The van der Waals surface area contributed by atoms with Crippen LogP contribution in [0.4, 0.5) is 8.78 Å². The second kappa shape index (κ2) is 12.6. The van der Waals surface area contributed by atoms with Gasteiger partial charge in [0.25, 0.3) is 6.43 Å². The number of rotatable bonds is 11. The number of likely N-dealkylation sites (N-methyl/N-ethyl adjacent to an activating group) is 1. The van der Waals surface area contributed by atoms with E-state index in [0.29, 0.717) is 46.1 Å². The standard InChI is InChI=1S/C24H32ClF2N5/c1-15(2)11-31-21(14-30-16(3)19(13-28-4)22(29-5)24(26)27)23-20(25)10-18(12-32-23)9-8-17-6-7-17/h10,12-13,15,17,22,24,28-30H,3,6-7,11,14H2,1-2,4-5H3/b19-13-,31-21-. The van der Waals surface area contributed by atoms with E-state index in [1.54, 1.807) is 19.3 Å². The minimum atomic E-state index is -2.59. The topological polar surface area (TPSA) is 61.3 Å². The molecule has 2 rings (SSSR count). The van der Waals surface area contributed by atoms with Gasteiger partial charge in [0.05, 0.1) is 23.3 Å². The molecule has 0 saturated heterocycles. The zero-order chi connectivity index (χ0) is 23.7. The van der Waals surface area contributed by atoms with Gasteiger partial charge in [0.1, 0.15) is 5.69 Å². The van der Waals surface area contributed by atoms with Crippen LogP contribution in [-0.2, 0) is 0 Å². The zero-order valence-corrected chi connectivity index (χ0v) is 19.9. The molecule has 1 fully saturated rings. The lowest BCUT2D eigenvalue weighted by molar-refractivity contribution is 0.117. The first-order valence-corrected chi connectivity index (χ1v) is 11.1. The second-order valence-electron chi connectivity index (χ2n) is 8.10. The van der Waals surface area contributed by atoms with Crippen LogP contribution in [0, 0.1) is 23.7 Å². The van der Waals surface area contributed by atoms with Crippen LogP contribution in [0.5, 0.6) is 0 Å². The highest BCUT2D eigenvalue weighted by atomic mass is 35.5. The van der Waals surface area contributed by atoms with E-state index in [0.717, 1.165) is 18.4 Å². The third-order valence-corrected chi connectivity index (χ3v) is 5.06. The Labute approximate surface area is 194 Å². The third-order valence-electron chi connectivity index (χ3n) is 4.78. The van der Waals surface area contributed by atoms with E-state index in [-0.39, 0.29) is 6.54 Å². The summed E-state index contributed by atoms with van der Waals surface area (Å²) >= 11 is 6.52. The molecule has 8 heteroatoms. The molecule has 1 aromatic heterocycles. The van der Waals surface area contributed by atoms with Gasteiger partial charge < -0.3 is 16.0 Å². The largest absolute Gasteiger partial charge is 0.394 e. The Balaban J connectivity index is 2.22. The molecular weight excluding hydrogens is 432 g/mol. The number of halogens is 3. The summed E-state index contributed by atoms with van der Waals surface area (Å²) < 4.78 is 26.9. The molecule has 3 N–H and O–H groups in total. The lowest BCUT2D eigenvalue weighted by Crippen LogP contribution is -2.38. The predicted molar refractivity (Wildman–Crippen MR) is 128 cm³/mol. The molecule has 1 aromatic rings. The van der Waals surface area contributed by atoms with Gasteiger partial charge in [-0.3, -0.25) is 9.98 Å². The number of pyridine rings is 1. The van der Waals surface area contributed by atoms with Crippen molar-refractivity contribution in [1.82, 2.24) is 20.9 Å². The van der Waals surface area contributed by atoms with Crippen LogP contribution in [0.1, 0.15) is 37.9 Å². The molecule has 1 saturated carbocycles. The predicted octanol–water partition coefficient (Wildman–Crippen LogP) is 4.00. The second-order valence-corrected chi connectivity index (χ2v) is 8.51. The van der Waals surface area contributed by atoms with Crippen molar-refractivity contribution in [2.45, 2.75) is 39.2 Å². The minimum Gasteiger partial charge on any atom is -0.394 e. The van der Waals surface area contributed by atoms with Crippen LogP contribution in [0.3, 0.4) is 0 Å². The van der Waals surface area contributed by atoms with Gasteiger partial charge in [0.15, 0.2) is 0 Å². The Bertz CT molecular complexity index is 911. The first-order valence-electron chi connectivity index (χ1n) is 10.7. The molecule has 1 atom stereocenters. The van der Waals surface area contributed by atoms with Crippen LogP contribution >= 0.6 is 11.6 Å². The van der Waals surface area contributed by atoms with Crippen LogP contribution in [0.25, 0.3) is 0 Å². The quantitative estimate of drug-likeness (QED) is 0.264. The number of alkyl halides is 2. The highest BCUT2D eigenvalue weighted by Gasteiger charge is 2.25. The molecule has 1 aliphatic rings. The first kappa shape index (κ1) is 25.8. The maximum Gasteiger partial charge on any atom is 0.257 e. The van der Waals surface area contributed by atoms with Crippen molar-refractivity contribution in [3.8, 4) is 11.8 Å². The average molecular weight is 464 g/mol. The summed E-state index contributed by atoms with van der Waals surface area (Å²) in [6.07, 6.45) is 2.91. The van der Waals surface area contributed by atoms with Gasteiger partial charge >= 0.3 is 0 Å². The molecule has 1 unspecified atom stereocenters. The molecule has 0 spiro atoms. The fourth-order valence-corrected chi connectivity index (χ4v) is 3.14. The summed E-state index contributed by atoms with van der Waals surface area (Å²) in [5.41, 5.74) is 2.63. The molecule has 32 heavy (non-hydrogen) atoms. The summed E-state index contributed by atoms with van der Waals surface area (Å²) in [5.74, 6) is 7.13. The molecule has 0 amide bonds. The van der Waals surface area contributed by atoms with E-state index in [9.17, 15) is 8.78 Å². The summed E-state index contributed by atoms with van der Waals surface area (Å²) in [6.45, 7) is 8.90. The molecule has 0 aliphatic heterocycles. The number of aliphatic imine (C=N–C) groups is 1. The number of nitrogens with zero attached hydrogens (tertiary/aromatic N) is 2. The van der Waals surface area contributed by atoms with Crippen molar-refractivity contribution in [1.29, 1.82) is 0 Å². The highest BCUT2D eigenvalue weighted by molar-refractivity contribution is 6.34. The molecular formula is C24H32ClF2N5. The van der Waals surface area contributed by atoms with Gasteiger partial charge in [-0.05, 0) is 31.9 Å². The van der Waals surface area contributed by atoms with Crippen LogP contribution < -0.4 is 16.0 Å². The van der Waals surface area contributed by atoms with E-state index in [1.807, 2.05) is 0 Å². The first-order chi connectivity index (χ1) is 15.3. The number of aromatic nitrogens is 1. The number of hydrogen-bond donors (Lipinski definition) is 3. The van der Waals surface area contributed by atoms with E-state index in [1.165, 1.54) is 13.2 Å². The van der Waals surface area contributed by atoms with Crippen molar-refractivity contribution in [3.63, 3.8) is 0 Å². The van der Waals surface area contributed by atoms with Gasteiger partial charge in [-0.25, -0.2) is 8.78 Å². The Kier molecular flexibility index (Phi) is 10.1. The van der Waals surface area contributed by atoms with Crippen molar-refractivity contribution in [3.05, 3.63) is 52.6 Å². The Morgan fingerprint density at radius 1 is 1.38 bits per heavy atom. The Morgan fingerprint density at radius 2 is 2.09 bits per heavy atom. The van der Waals surface area contributed by atoms with Crippen LogP contribution in [0.2, 0.25) is 5.02 Å². The van der Waals surface area contributed by atoms with Crippen molar-refractivity contribution >= 4 is 17.3 Å². The summed E-state index contributed by atoms with van der Waals surface area (Å²) in [4.78, 5) is 9.18. The molecule has 1 aliphatic carbocycles. The highest BCUT2D eigenvalue weighted by Crippen LogP contribution is 2.27. The molecule has 0 aromatic carbocycles. The van der Waals surface area contributed by atoms with E-state index in [2.05, 4.69) is 58.2 Å².